The number of hydrogen-bond donors (Lipinski definition) is 1. The van der Waals surface area contributed by atoms with Crippen LogP contribution in [0.2, 0.25) is 0 Å². The molecule has 3 heteroatoms. The Labute approximate surface area is 96.5 Å². The van der Waals surface area contributed by atoms with Crippen LogP contribution in [0.4, 0.5) is 0 Å². The summed E-state index contributed by atoms with van der Waals surface area (Å²) in [6, 6.07) is 0. The van der Waals surface area contributed by atoms with Gasteiger partial charge in [-0.3, -0.25) is 0 Å². The molecule has 16 heavy (non-hydrogen) atoms. The molecule has 0 bridgehead atoms. The molecule has 1 saturated heterocycles. The molecule has 2 nitrogen and oxygen atoms in total. The van der Waals surface area contributed by atoms with Crippen molar-refractivity contribution in [1.82, 2.24) is 0 Å². The lowest BCUT2D eigenvalue weighted by atomic mass is 9.70. The van der Waals surface area contributed by atoms with Gasteiger partial charge in [0.2, 0.25) is 0 Å². The minimum atomic E-state index is -0.789. The first kappa shape index (κ1) is 11.2. The fourth-order valence-corrected chi connectivity index (χ4v) is 1.76. The average Bonchev–Trinajstić information content (AvgIpc) is 2.34. The van der Waals surface area contributed by atoms with E-state index in [4.69, 9.17) is 4.65 Å². The van der Waals surface area contributed by atoms with Crippen LogP contribution in [0.15, 0.2) is 59.7 Å². The first-order chi connectivity index (χ1) is 7.88. The zero-order valence-electron chi connectivity index (χ0n) is 9.17. The first-order valence-electron chi connectivity index (χ1n) is 5.57. The SMILES string of the molecule is OB1OCC/C2=C/C=C\C\C=C/C=C\C=C/12. The molecule has 2 rings (SSSR count). The minimum absolute atomic E-state index is 0.583. The Balaban J connectivity index is 2.31. The van der Waals surface area contributed by atoms with Gasteiger partial charge in [-0.15, -0.1) is 0 Å². The molecule has 0 aromatic heterocycles. The summed E-state index contributed by atoms with van der Waals surface area (Å²) >= 11 is 0. The highest BCUT2D eigenvalue weighted by Gasteiger charge is 2.26. The first-order valence-corrected chi connectivity index (χ1v) is 5.57. The second kappa shape index (κ2) is 5.68. The van der Waals surface area contributed by atoms with Crippen molar-refractivity contribution in [3.8, 4) is 0 Å². The zero-order valence-corrected chi connectivity index (χ0v) is 9.17. The van der Waals surface area contributed by atoms with E-state index in [-0.39, 0.29) is 0 Å². The van der Waals surface area contributed by atoms with Crippen LogP contribution < -0.4 is 0 Å². The Hall–Kier alpha value is -1.32. The molecule has 1 fully saturated rings. The lowest BCUT2D eigenvalue weighted by Gasteiger charge is -2.20. The fraction of sp³-hybridized carbons (Fsp3) is 0.231. The molecule has 1 aliphatic carbocycles. The topological polar surface area (TPSA) is 29.5 Å². The molecule has 0 saturated carbocycles. The van der Waals surface area contributed by atoms with Gasteiger partial charge in [0.25, 0.3) is 0 Å². The van der Waals surface area contributed by atoms with E-state index < -0.39 is 7.12 Å². The largest absolute Gasteiger partial charge is 0.491 e. The summed E-state index contributed by atoms with van der Waals surface area (Å²) in [5, 5.41) is 9.75. The summed E-state index contributed by atoms with van der Waals surface area (Å²) in [5.74, 6) is 0. The molecule has 0 unspecified atom stereocenters. The molecule has 0 aromatic carbocycles. The van der Waals surface area contributed by atoms with Crippen molar-refractivity contribution in [3.63, 3.8) is 0 Å². The van der Waals surface area contributed by atoms with Gasteiger partial charge in [-0.05, 0) is 23.9 Å². The molecule has 0 radical (unpaired) electrons. The highest BCUT2D eigenvalue weighted by molar-refractivity contribution is 6.54. The molecule has 0 aromatic rings. The molecule has 0 spiro atoms. The van der Waals surface area contributed by atoms with Crippen molar-refractivity contribution in [2.45, 2.75) is 12.8 Å². The monoisotopic (exact) mass is 214 g/mol. The molecule has 82 valence electrons. The van der Waals surface area contributed by atoms with Gasteiger partial charge in [-0.25, -0.2) is 0 Å². The van der Waals surface area contributed by atoms with Crippen LogP contribution in [-0.2, 0) is 4.65 Å². The van der Waals surface area contributed by atoms with Crippen LogP contribution in [-0.4, -0.2) is 18.7 Å². The van der Waals surface area contributed by atoms with E-state index in [0.29, 0.717) is 6.61 Å². The molecule has 2 aliphatic rings. The second-order valence-corrected chi connectivity index (χ2v) is 3.76. The predicted octanol–water partition coefficient (Wildman–Crippen LogP) is 2.35. The quantitative estimate of drug-likeness (QED) is 0.627. The maximum atomic E-state index is 9.75. The van der Waals surface area contributed by atoms with Gasteiger partial charge >= 0.3 is 7.12 Å². The van der Waals surface area contributed by atoms with Crippen LogP contribution in [0.25, 0.3) is 0 Å². The molecule has 0 atom stereocenters. The molecule has 0 amide bonds. The van der Waals surface area contributed by atoms with Crippen molar-refractivity contribution >= 4 is 7.12 Å². The highest BCUT2D eigenvalue weighted by atomic mass is 16.5. The van der Waals surface area contributed by atoms with Gasteiger partial charge < -0.3 is 9.68 Å². The summed E-state index contributed by atoms with van der Waals surface area (Å²) in [5.41, 5.74) is 2.02. The van der Waals surface area contributed by atoms with Gasteiger partial charge in [-0.1, -0.05) is 48.6 Å². The Kier molecular flexibility index (Phi) is 3.97. The van der Waals surface area contributed by atoms with Gasteiger partial charge in [0.15, 0.2) is 0 Å². The van der Waals surface area contributed by atoms with Crippen molar-refractivity contribution in [2.24, 2.45) is 0 Å². The third kappa shape index (κ3) is 2.84. The maximum Gasteiger partial charge on any atom is 0.491 e. The average molecular weight is 214 g/mol. The standard InChI is InChI=1S/C13H15BO2/c15-14-13-9-7-5-3-1-2-4-6-8-12(13)10-11-16-14/h1,3-9,15H,2,10-11H2/b3-1-,6-4-,7-5-,12-8-,13-9-. The van der Waals surface area contributed by atoms with E-state index in [1.54, 1.807) is 0 Å². The van der Waals surface area contributed by atoms with E-state index in [2.05, 4.69) is 18.2 Å². The van der Waals surface area contributed by atoms with Gasteiger partial charge in [0.1, 0.15) is 0 Å². The summed E-state index contributed by atoms with van der Waals surface area (Å²) in [4.78, 5) is 0. The molecular weight excluding hydrogens is 199 g/mol. The normalized spacial score (nSPS) is 33.4. The number of hydrogen-bond acceptors (Lipinski definition) is 2. The Bertz CT molecular complexity index is 389. The van der Waals surface area contributed by atoms with E-state index in [0.717, 1.165) is 23.9 Å². The molecule has 1 N–H and O–H groups in total. The third-order valence-corrected chi connectivity index (χ3v) is 2.62. The molecule has 1 aliphatic heterocycles. The smallest absolute Gasteiger partial charge is 0.423 e. The third-order valence-electron chi connectivity index (χ3n) is 2.62. The summed E-state index contributed by atoms with van der Waals surface area (Å²) in [7, 11) is -0.789. The van der Waals surface area contributed by atoms with Crippen molar-refractivity contribution < 1.29 is 9.68 Å². The van der Waals surface area contributed by atoms with Crippen molar-refractivity contribution in [2.75, 3.05) is 6.61 Å². The number of allylic oxidation sites excluding steroid dienone is 9. The van der Waals surface area contributed by atoms with E-state index in [1.165, 1.54) is 0 Å². The van der Waals surface area contributed by atoms with Crippen LogP contribution in [0.3, 0.4) is 0 Å². The Morgan fingerprint density at radius 3 is 2.88 bits per heavy atom. The Morgan fingerprint density at radius 2 is 1.94 bits per heavy atom. The number of fused-ring (bicyclic) bond motifs is 1. The predicted molar refractivity (Wildman–Crippen MR) is 66.7 cm³/mol. The lowest BCUT2D eigenvalue weighted by Crippen LogP contribution is -2.28. The summed E-state index contributed by atoms with van der Waals surface area (Å²) < 4.78 is 5.22. The minimum Gasteiger partial charge on any atom is -0.423 e. The van der Waals surface area contributed by atoms with Crippen molar-refractivity contribution in [1.29, 1.82) is 0 Å². The van der Waals surface area contributed by atoms with Crippen LogP contribution in [0.5, 0.6) is 0 Å². The maximum absolute atomic E-state index is 9.75. The summed E-state index contributed by atoms with van der Waals surface area (Å²) in [6.07, 6.45) is 17.9. The van der Waals surface area contributed by atoms with E-state index in [9.17, 15) is 5.02 Å². The van der Waals surface area contributed by atoms with Crippen LogP contribution in [0.1, 0.15) is 12.8 Å². The van der Waals surface area contributed by atoms with E-state index >= 15 is 0 Å². The molecule has 1 heterocycles. The van der Waals surface area contributed by atoms with Gasteiger partial charge in [0, 0.05) is 6.61 Å². The van der Waals surface area contributed by atoms with Crippen LogP contribution in [0, 0.1) is 0 Å². The van der Waals surface area contributed by atoms with Gasteiger partial charge in [-0.2, -0.15) is 0 Å². The van der Waals surface area contributed by atoms with Crippen molar-refractivity contribution in [3.05, 3.63) is 59.7 Å². The fourth-order valence-electron chi connectivity index (χ4n) is 1.76. The molecular formula is C13H15BO2. The number of rotatable bonds is 0. The zero-order chi connectivity index (χ0) is 11.2. The second-order valence-electron chi connectivity index (χ2n) is 3.76. The highest BCUT2D eigenvalue weighted by Crippen LogP contribution is 2.22. The van der Waals surface area contributed by atoms with Crippen LogP contribution >= 0.6 is 0 Å². The lowest BCUT2D eigenvalue weighted by molar-refractivity contribution is 0.259. The Morgan fingerprint density at radius 1 is 1.06 bits per heavy atom. The summed E-state index contributed by atoms with van der Waals surface area (Å²) in [6.45, 7) is 0.583. The van der Waals surface area contributed by atoms with E-state index in [1.807, 2.05) is 30.4 Å². The van der Waals surface area contributed by atoms with Gasteiger partial charge in [0.05, 0.1) is 0 Å².